The molecule has 2 aromatic rings. The lowest BCUT2D eigenvalue weighted by atomic mass is 10.1. The quantitative estimate of drug-likeness (QED) is 0.852. The van der Waals surface area contributed by atoms with E-state index < -0.39 is 0 Å². The van der Waals surface area contributed by atoms with E-state index in [0.29, 0.717) is 13.0 Å². The first-order chi connectivity index (χ1) is 8.94. The summed E-state index contributed by atoms with van der Waals surface area (Å²) >= 11 is 3.22. The molecule has 2 aromatic heterocycles. The fourth-order valence-electron chi connectivity index (χ4n) is 1.45. The van der Waals surface area contributed by atoms with Gasteiger partial charge in [0.15, 0.2) is 0 Å². The Hall–Kier alpha value is -0.660. The Labute approximate surface area is 145 Å². The van der Waals surface area contributed by atoms with Crippen molar-refractivity contribution in [1.82, 2.24) is 10.3 Å². The van der Waals surface area contributed by atoms with E-state index in [1.54, 1.807) is 22.7 Å². The molecule has 4 nitrogen and oxygen atoms in total. The zero-order chi connectivity index (χ0) is 13.9. The molecule has 0 spiro atoms. The van der Waals surface area contributed by atoms with Crippen LogP contribution in [0.4, 0.5) is 0 Å². The van der Waals surface area contributed by atoms with Crippen molar-refractivity contribution < 1.29 is 4.79 Å². The summed E-state index contributed by atoms with van der Waals surface area (Å²) in [5, 5.41) is 7.74. The summed E-state index contributed by atoms with van der Waals surface area (Å²) in [5.41, 5.74) is 6.24. The van der Waals surface area contributed by atoms with Crippen molar-refractivity contribution in [3.63, 3.8) is 0 Å². The van der Waals surface area contributed by atoms with Crippen LogP contribution in [0.25, 0.3) is 9.88 Å². The Morgan fingerprint density at radius 3 is 2.67 bits per heavy atom. The summed E-state index contributed by atoms with van der Waals surface area (Å²) in [5.74, 6) is -0.0402. The number of amides is 1. The Morgan fingerprint density at radius 1 is 1.38 bits per heavy atom. The van der Waals surface area contributed by atoms with Gasteiger partial charge in [-0.1, -0.05) is 6.07 Å². The van der Waals surface area contributed by atoms with E-state index in [0.717, 1.165) is 15.6 Å². The van der Waals surface area contributed by atoms with E-state index >= 15 is 0 Å². The van der Waals surface area contributed by atoms with Crippen molar-refractivity contribution in [3.8, 4) is 9.88 Å². The van der Waals surface area contributed by atoms with Gasteiger partial charge in [0.05, 0.1) is 17.0 Å². The monoisotopic (exact) mass is 367 g/mol. The first kappa shape index (κ1) is 20.3. The van der Waals surface area contributed by atoms with Gasteiger partial charge in [-0.2, -0.15) is 0 Å². The molecule has 2 rings (SSSR count). The van der Waals surface area contributed by atoms with Crippen LogP contribution in [-0.4, -0.2) is 23.0 Å². The van der Waals surface area contributed by atoms with Gasteiger partial charge < -0.3 is 11.1 Å². The van der Waals surface area contributed by atoms with Crippen LogP contribution >= 0.6 is 47.5 Å². The van der Waals surface area contributed by atoms with E-state index in [-0.39, 0.29) is 36.3 Å². The third-order valence-electron chi connectivity index (χ3n) is 2.37. The highest BCUT2D eigenvalue weighted by molar-refractivity contribution is 7.20. The molecule has 1 amide bonds. The van der Waals surface area contributed by atoms with E-state index in [2.05, 4.69) is 10.3 Å². The maximum Gasteiger partial charge on any atom is 0.226 e. The Balaban J connectivity index is 0.00000200. The maximum atomic E-state index is 11.8. The summed E-state index contributed by atoms with van der Waals surface area (Å²) in [6.07, 6.45) is 0.304. The number of hydrogen-bond acceptors (Lipinski definition) is 5. The average Bonchev–Trinajstić information content (AvgIpc) is 2.94. The van der Waals surface area contributed by atoms with Crippen LogP contribution < -0.4 is 11.1 Å². The number of nitrogens with zero attached hydrogens (tertiary/aromatic N) is 1. The molecule has 3 N–H and O–H groups in total. The number of rotatable bonds is 5. The summed E-state index contributed by atoms with van der Waals surface area (Å²) in [6, 6.07) is 4.03. The highest BCUT2D eigenvalue weighted by Crippen LogP contribution is 2.27. The van der Waals surface area contributed by atoms with Crippen molar-refractivity contribution in [2.45, 2.75) is 25.8 Å². The zero-order valence-electron chi connectivity index (χ0n) is 11.8. The Bertz CT molecular complexity index is 550. The fraction of sp³-hybridized carbons (Fsp3) is 0.385. The normalized spacial score (nSPS) is 10.4. The van der Waals surface area contributed by atoms with Gasteiger partial charge >= 0.3 is 0 Å². The third-order valence-corrected chi connectivity index (χ3v) is 4.30. The van der Waals surface area contributed by atoms with Crippen molar-refractivity contribution in [2.24, 2.45) is 5.73 Å². The first-order valence-corrected chi connectivity index (χ1v) is 7.74. The van der Waals surface area contributed by atoms with Gasteiger partial charge in [-0.25, -0.2) is 4.98 Å². The molecule has 0 radical (unpaired) electrons. The minimum absolute atomic E-state index is 0. The zero-order valence-corrected chi connectivity index (χ0v) is 15.1. The van der Waals surface area contributed by atoms with Crippen LogP contribution in [0.3, 0.4) is 0 Å². The lowest BCUT2D eigenvalue weighted by molar-refractivity contribution is -0.120. The average molecular weight is 368 g/mol. The largest absolute Gasteiger partial charge is 0.354 e. The lowest BCUT2D eigenvalue weighted by Gasteiger charge is -2.18. The molecule has 0 aromatic carbocycles. The van der Waals surface area contributed by atoms with E-state index in [1.165, 1.54) is 0 Å². The van der Waals surface area contributed by atoms with Crippen molar-refractivity contribution in [1.29, 1.82) is 0 Å². The highest BCUT2D eigenvalue weighted by atomic mass is 35.5. The van der Waals surface area contributed by atoms with Gasteiger partial charge in [0.25, 0.3) is 0 Å². The molecule has 0 aliphatic carbocycles. The first-order valence-electron chi connectivity index (χ1n) is 5.98. The Kier molecular flexibility index (Phi) is 8.43. The van der Waals surface area contributed by atoms with Gasteiger partial charge in [-0.3, -0.25) is 4.79 Å². The minimum Gasteiger partial charge on any atom is -0.354 e. The van der Waals surface area contributed by atoms with E-state index in [4.69, 9.17) is 5.73 Å². The van der Waals surface area contributed by atoms with Gasteiger partial charge in [0, 0.05) is 17.5 Å². The standard InChI is InChI=1S/C13H17N3OS2.2ClH/c1-13(2,14)8-15-11(17)6-9-7-19-12(16-9)10-4-3-5-18-10;;/h3-5,7H,6,8,14H2,1-2H3,(H,15,17);2*1H. The second kappa shape index (κ2) is 8.70. The second-order valence-corrected chi connectivity index (χ2v) is 6.87. The predicted molar refractivity (Wildman–Crippen MR) is 94.9 cm³/mol. The lowest BCUT2D eigenvalue weighted by Crippen LogP contribution is -2.45. The summed E-state index contributed by atoms with van der Waals surface area (Å²) in [7, 11) is 0. The van der Waals surface area contributed by atoms with Gasteiger partial charge in [-0.05, 0) is 25.3 Å². The number of hydrogen-bond donors (Lipinski definition) is 2. The van der Waals surface area contributed by atoms with Crippen molar-refractivity contribution in [2.75, 3.05) is 6.54 Å². The van der Waals surface area contributed by atoms with E-state index in [9.17, 15) is 4.79 Å². The molecule has 0 aliphatic rings. The van der Waals surface area contributed by atoms with Crippen LogP contribution in [-0.2, 0) is 11.2 Å². The highest BCUT2D eigenvalue weighted by Gasteiger charge is 2.14. The number of halogens is 2. The molecular formula is C13H19Cl2N3OS2. The molecule has 0 unspecified atom stereocenters. The van der Waals surface area contributed by atoms with Crippen LogP contribution in [0.15, 0.2) is 22.9 Å². The van der Waals surface area contributed by atoms with Gasteiger partial charge in [0.2, 0.25) is 5.91 Å². The smallest absolute Gasteiger partial charge is 0.226 e. The molecular weight excluding hydrogens is 349 g/mol. The van der Waals surface area contributed by atoms with Gasteiger partial charge in [-0.15, -0.1) is 47.5 Å². The van der Waals surface area contributed by atoms with Crippen molar-refractivity contribution >= 4 is 53.4 Å². The molecule has 118 valence electrons. The predicted octanol–water partition coefficient (Wildman–Crippen LogP) is 3.11. The summed E-state index contributed by atoms with van der Waals surface area (Å²) in [4.78, 5) is 17.4. The number of nitrogens with two attached hydrogens (primary N) is 1. The Morgan fingerprint density at radius 2 is 2.10 bits per heavy atom. The molecule has 8 heteroatoms. The van der Waals surface area contributed by atoms with E-state index in [1.807, 2.05) is 36.7 Å². The van der Waals surface area contributed by atoms with Gasteiger partial charge in [0.1, 0.15) is 5.01 Å². The molecule has 0 saturated carbocycles. The third kappa shape index (κ3) is 6.76. The SMILES string of the molecule is CC(C)(N)CNC(=O)Cc1csc(-c2cccs2)n1.Cl.Cl. The molecule has 2 heterocycles. The van der Waals surface area contributed by atoms with Crippen LogP contribution in [0.1, 0.15) is 19.5 Å². The number of carbonyl (C=O) groups is 1. The molecule has 0 aliphatic heterocycles. The minimum atomic E-state index is -0.389. The number of thiazole rings is 1. The number of thiophene rings is 1. The summed E-state index contributed by atoms with van der Waals surface area (Å²) in [6.45, 7) is 4.23. The molecule has 0 fully saturated rings. The fourth-order valence-corrected chi connectivity index (χ4v) is 3.09. The van der Waals surface area contributed by atoms with Crippen LogP contribution in [0, 0.1) is 0 Å². The molecule has 21 heavy (non-hydrogen) atoms. The number of carbonyl (C=O) groups excluding carboxylic acids is 1. The second-order valence-electron chi connectivity index (χ2n) is 5.06. The van der Waals surface area contributed by atoms with Crippen LogP contribution in [0.2, 0.25) is 0 Å². The van der Waals surface area contributed by atoms with Crippen LogP contribution in [0.5, 0.6) is 0 Å². The molecule has 0 atom stereocenters. The number of aromatic nitrogens is 1. The number of nitrogens with one attached hydrogen (secondary N) is 1. The maximum absolute atomic E-state index is 11.8. The molecule has 0 saturated heterocycles. The molecule has 0 bridgehead atoms. The topological polar surface area (TPSA) is 68.0 Å². The summed E-state index contributed by atoms with van der Waals surface area (Å²) < 4.78 is 0. The van der Waals surface area contributed by atoms with Crippen molar-refractivity contribution in [3.05, 3.63) is 28.6 Å².